The number of halogens is 1. The van der Waals surface area contributed by atoms with Crippen LogP contribution in [0, 0.1) is 17.7 Å². The minimum absolute atomic E-state index is 0.0174. The zero-order valence-corrected chi connectivity index (χ0v) is 13.3. The number of aryl methyl sites for hydroxylation is 1. The first kappa shape index (κ1) is 16.3. The number of hydrogen-bond acceptors (Lipinski definition) is 1. The predicted octanol–water partition coefficient (Wildman–Crippen LogP) is 5.85. The van der Waals surface area contributed by atoms with E-state index >= 15 is 0 Å². The van der Waals surface area contributed by atoms with Gasteiger partial charge in [0.15, 0.2) is 0 Å². The maximum Gasteiger partial charge on any atom is 0.130 e. The number of rotatable bonds is 7. The number of phenols is 1. The van der Waals surface area contributed by atoms with Crippen LogP contribution in [0.3, 0.4) is 0 Å². The summed E-state index contributed by atoms with van der Waals surface area (Å²) in [5.74, 6) is 1.46. The van der Waals surface area contributed by atoms with Crippen LogP contribution in [0.2, 0.25) is 0 Å². The Morgan fingerprint density at radius 2 is 1.71 bits per heavy atom. The smallest absolute Gasteiger partial charge is 0.130 e. The maximum atomic E-state index is 13.7. The molecule has 0 heterocycles. The van der Waals surface area contributed by atoms with Gasteiger partial charge in [-0.25, -0.2) is 4.39 Å². The largest absolute Gasteiger partial charge is 0.508 e. The van der Waals surface area contributed by atoms with Crippen LogP contribution in [0.4, 0.5) is 4.39 Å². The second-order valence-electron chi connectivity index (χ2n) is 6.70. The van der Waals surface area contributed by atoms with Crippen molar-refractivity contribution in [3.8, 4) is 5.75 Å². The summed E-state index contributed by atoms with van der Waals surface area (Å²) >= 11 is 0. The van der Waals surface area contributed by atoms with Gasteiger partial charge in [-0.05, 0) is 36.3 Å². The second-order valence-corrected chi connectivity index (χ2v) is 6.70. The summed E-state index contributed by atoms with van der Waals surface area (Å²) in [5.41, 5.74) is 0.748. The van der Waals surface area contributed by atoms with E-state index in [0.717, 1.165) is 30.2 Å². The first-order valence-electron chi connectivity index (χ1n) is 8.66. The van der Waals surface area contributed by atoms with Crippen molar-refractivity contribution in [1.29, 1.82) is 0 Å². The van der Waals surface area contributed by atoms with Crippen molar-refractivity contribution in [3.05, 3.63) is 29.6 Å². The third-order valence-electron chi connectivity index (χ3n) is 5.04. The average molecular weight is 292 g/mol. The summed E-state index contributed by atoms with van der Waals surface area (Å²) in [6.07, 6.45) is 12.7. The molecule has 2 rings (SSSR count). The Labute approximate surface area is 128 Å². The lowest BCUT2D eigenvalue weighted by molar-refractivity contribution is 0.248. The highest BCUT2D eigenvalue weighted by Gasteiger charge is 2.20. The summed E-state index contributed by atoms with van der Waals surface area (Å²) in [7, 11) is 0. The van der Waals surface area contributed by atoms with Crippen LogP contribution in [0.5, 0.6) is 5.75 Å². The molecular weight excluding hydrogens is 263 g/mol. The van der Waals surface area contributed by atoms with Gasteiger partial charge in [0.1, 0.15) is 11.6 Å². The van der Waals surface area contributed by atoms with Crippen LogP contribution in [-0.2, 0) is 6.42 Å². The fraction of sp³-hybridized carbons (Fsp3) is 0.684. The molecule has 0 saturated heterocycles. The van der Waals surface area contributed by atoms with E-state index in [1.165, 1.54) is 57.4 Å². The first-order valence-corrected chi connectivity index (χ1v) is 8.66. The Hall–Kier alpha value is -1.05. The van der Waals surface area contributed by atoms with Gasteiger partial charge in [0.2, 0.25) is 0 Å². The summed E-state index contributed by atoms with van der Waals surface area (Å²) in [4.78, 5) is 0. The van der Waals surface area contributed by atoms with Crippen LogP contribution >= 0.6 is 0 Å². The van der Waals surface area contributed by atoms with E-state index in [-0.39, 0.29) is 11.6 Å². The van der Waals surface area contributed by atoms with Crippen LogP contribution in [0.25, 0.3) is 0 Å². The molecule has 118 valence electrons. The molecule has 0 radical (unpaired) electrons. The first-order chi connectivity index (χ1) is 10.2. The summed E-state index contributed by atoms with van der Waals surface area (Å²) in [6, 6.07) is 4.53. The van der Waals surface area contributed by atoms with Gasteiger partial charge in [0.25, 0.3) is 0 Å². The Morgan fingerprint density at radius 1 is 1.05 bits per heavy atom. The van der Waals surface area contributed by atoms with Gasteiger partial charge in [-0.1, -0.05) is 64.4 Å². The average Bonchev–Trinajstić information content (AvgIpc) is 2.48. The van der Waals surface area contributed by atoms with E-state index in [4.69, 9.17) is 0 Å². The number of benzene rings is 1. The molecule has 0 atom stereocenters. The molecule has 1 saturated carbocycles. The van der Waals surface area contributed by atoms with Crippen LogP contribution in [0.1, 0.15) is 70.3 Å². The van der Waals surface area contributed by atoms with Gasteiger partial charge < -0.3 is 5.11 Å². The lowest BCUT2D eigenvalue weighted by Crippen LogP contribution is -2.15. The molecule has 1 fully saturated rings. The van der Waals surface area contributed by atoms with E-state index < -0.39 is 0 Å². The van der Waals surface area contributed by atoms with Gasteiger partial charge in [0, 0.05) is 6.07 Å². The van der Waals surface area contributed by atoms with E-state index in [9.17, 15) is 9.50 Å². The molecule has 2 heteroatoms. The van der Waals surface area contributed by atoms with Crippen LogP contribution < -0.4 is 0 Å². The van der Waals surface area contributed by atoms with E-state index in [0.29, 0.717) is 0 Å². The standard InChI is InChI=1S/C19H29FO/c1-2-3-4-5-15-6-8-16(9-7-15)10-11-17-12-13-18(21)14-19(17)20/h12-16,21H,2-11H2,1H3. The highest BCUT2D eigenvalue weighted by Crippen LogP contribution is 2.34. The summed E-state index contributed by atoms with van der Waals surface area (Å²) in [5, 5.41) is 9.23. The third-order valence-corrected chi connectivity index (χ3v) is 5.04. The zero-order chi connectivity index (χ0) is 15.1. The van der Waals surface area contributed by atoms with E-state index in [2.05, 4.69) is 6.92 Å². The van der Waals surface area contributed by atoms with Crippen LogP contribution in [0.15, 0.2) is 18.2 Å². The fourth-order valence-corrected chi connectivity index (χ4v) is 3.59. The predicted molar refractivity (Wildman–Crippen MR) is 86.0 cm³/mol. The number of phenolic OH excluding ortho intramolecular Hbond substituents is 1. The molecule has 0 aliphatic heterocycles. The molecule has 0 bridgehead atoms. The minimum atomic E-state index is -0.261. The number of aromatic hydroxyl groups is 1. The third kappa shape index (κ3) is 5.33. The van der Waals surface area contributed by atoms with Crippen molar-refractivity contribution in [2.75, 3.05) is 0 Å². The van der Waals surface area contributed by atoms with E-state index in [1.807, 2.05) is 0 Å². The molecule has 0 aromatic heterocycles. The van der Waals surface area contributed by atoms with Crippen molar-refractivity contribution < 1.29 is 9.50 Å². The second kappa shape index (κ2) is 8.41. The Balaban J connectivity index is 1.69. The molecule has 21 heavy (non-hydrogen) atoms. The Kier molecular flexibility index (Phi) is 6.53. The highest BCUT2D eigenvalue weighted by molar-refractivity contribution is 5.27. The van der Waals surface area contributed by atoms with Gasteiger partial charge in [-0.3, -0.25) is 0 Å². The Bertz CT molecular complexity index is 422. The minimum Gasteiger partial charge on any atom is -0.508 e. The number of unbranched alkanes of at least 4 members (excludes halogenated alkanes) is 2. The summed E-state index contributed by atoms with van der Waals surface area (Å²) in [6.45, 7) is 2.26. The van der Waals surface area contributed by atoms with Crippen molar-refractivity contribution in [2.24, 2.45) is 11.8 Å². The quantitative estimate of drug-likeness (QED) is 0.625. The number of hydrogen-bond donors (Lipinski definition) is 1. The zero-order valence-electron chi connectivity index (χ0n) is 13.3. The molecule has 0 spiro atoms. The molecule has 0 amide bonds. The molecule has 1 N–H and O–H groups in total. The van der Waals surface area contributed by atoms with Gasteiger partial charge in [-0.15, -0.1) is 0 Å². The van der Waals surface area contributed by atoms with Gasteiger partial charge in [-0.2, -0.15) is 0 Å². The van der Waals surface area contributed by atoms with Gasteiger partial charge in [0.05, 0.1) is 0 Å². The normalized spacial score (nSPS) is 22.4. The Morgan fingerprint density at radius 3 is 2.33 bits per heavy atom. The SMILES string of the molecule is CCCCCC1CCC(CCc2ccc(O)cc2F)CC1. The molecular formula is C19H29FO. The van der Waals surface area contributed by atoms with E-state index in [1.54, 1.807) is 12.1 Å². The fourth-order valence-electron chi connectivity index (χ4n) is 3.59. The lowest BCUT2D eigenvalue weighted by Gasteiger charge is -2.28. The van der Waals surface area contributed by atoms with Crippen molar-refractivity contribution in [2.45, 2.75) is 71.1 Å². The van der Waals surface area contributed by atoms with Crippen molar-refractivity contribution in [3.63, 3.8) is 0 Å². The topological polar surface area (TPSA) is 20.2 Å². The van der Waals surface area contributed by atoms with Crippen molar-refractivity contribution in [1.82, 2.24) is 0 Å². The molecule has 1 aliphatic rings. The van der Waals surface area contributed by atoms with Crippen molar-refractivity contribution >= 4 is 0 Å². The maximum absolute atomic E-state index is 13.7. The highest BCUT2D eigenvalue weighted by atomic mass is 19.1. The molecule has 1 nitrogen and oxygen atoms in total. The van der Waals surface area contributed by atoms with Crippen LogP contribution in [-0.4, -0.2) is 5.11 Å². The monoisotopic (exact) mass is 292 g/mol. The molecule has 1 aromatic rings. The molecule has 1 aromatic carbocycles. The molecule has 1 aliphatic carbocycles. The van der Waals surface area contributed by atoms with Gasteiger partial charge >= 0.3 is 0 Å². The molecule has 0 unspecified atom stereocenters. The summed E-state index contributed by atoms with van der Waals surface area (Å²) < 4.78 is 13.7. The lowest BCUT2D eigenvalue weighted by atomic mass is 9.78.